The van der Waals surface area contributed by atoms with E-state index >= 15 is 0 Å². The summed E-state index contributed by atoms with van der Waals surface area (Å²) >= 11 is 0. The van der Waals surface area contributed by atoms with Crippen LogP contribution in [0.25, 0.3) is 5.65 Å². The van der Waals surface area contributed by atoms with Crippen LogP contribution in [0.5, 0.6) is 0 Å². The maximum Gasteiger partial charge on any atom is 0.264 e. The molecule has 1 aliphatic carbocycles. The van der Waals surface area contributed by atoms with Gasteiger partial charge < -0.3 is 20.7 Å². The van der Waals surface area contributed by atoms with Crippen molar-refractivity contribution in [2.75, 3.05) is 30.4 Å². The van der Waals surface area contributed by atoms with Crippen molar-refractivity contribution in [1.82, 2.24) is 30.1 Å². The third-order valence-electron chi connectivity index (χ3n) is 8.57. The number of piperidine rings is 1. The number of nitrogens with zero attached hydrogens (tertiary/aromatic N) is 4. The van der Waals surface area contributed by atoms with Gasteiger partial charge in [0.1, 0.15) is 11.9 Å². The van der Waals surface area contributed by atoms with Crippen LogP contribution >= 0.6 is 0 Å². The Morgan fingerprint density at radius 3 is 2.74 bits per heavy atom. The number of carbonyl (C=O) groups is 5. The Hall–Kier alpha value is -4.85. The van der Waals surface area contributed by atoms with Gasteiger partial charge in [-0.25, -0.2) is 4.98 Å². The zero-order valence-electron chi connectivity index (χ0n) is 25.7. The lowest BCUT2D eigenvalue weighted by molar-refractivity contribution is -0.136. The first-order valence-electron chi connectivity index (χ1n) is 15.9. The number of nitrogens with one attached hydrogen (secondary N) is 4. The van der Waals surface area contributed by atoms with Crippen LogP contribution in [0.3, 0.4) is 0 Å². The molecule has 1 unspecified atom stereocenters. The van der Waals surface area contributed by atoms with E-state index in [0.717, 1.165) is 54.2 Å². The number of hydrogen-bond acceptors (Lipinski definition) is 10. The van der Waals surface area contributed by atoms with Gasteiger partial charge in [0.15, 0.2) is 5.65 Å². The van der Waals surface area contributed by atoms with Crippen LogP contribution < -0.4 is 21.3 Å². The van der Waals surface area contributed by atoms with Crippen molar-refractivity contribution in [1.29, 1.82) is 0 Å². The lowest BCUT2D eigenvalue weighted by Crippen LogP contribution is -2.54. The highest BCUT2D eigenvalue weighted by Gasteiger charge is 2.45. The number of aryl methyl sites for hydroxylation is 1. The molecule has 6 rings (SSSR count). The molecule has 2 fully saturated rings. The number of anilines is 2. The molecule has 46 heavy (non-hydrogen) atoms. The van der Waals surface area contributed by atoms with Gasteiger partial charge in [-0.2, -0.15) is 9.61 Å². The zero-order chi connectivity index (χ0) is 32.2. The van der Waals surface area contributed by atoms with Crippen molar-refractivity contribution in [3.63, 3.8) is 0 Å². The van der Waals surface area contributed by atoms with Gasteiger partial charge in [0.2, 0.25) is 17.7 Å². The van der Waals surface area contributed by atoms with Crippen LogP contribution in [0.2, 0.25) is 0 Å². The standard InChI is InChI=1S/C32H38N8O6/c1-2-4-19-18-26(40-25(35-19)11-13-34-40)36-20-7-8-21(17-20)37-28(42)12-15-46-16-14-33-23-6-3-5-22-29(23)32(45)39(31(22)44)24-9-10-27(41)38-30(24)43/h3,5-6,11,13,18,20-21,24,33,36H,2,4,7-10,12,14-17H2,1H3,(H,37,42)(H,38,41,43)/t20-,21-,24?/m1/s1. The van der Waals surface area contributed by atoms with E-state index in [4.69, 9.17) is 4.74 Å². The number of imide groups is 2. The molecule has 242 valence electrons. The summed E-state index contributed by atoms with van der Waals surface area (Å²) in [6, 6.07) is 8.12. The number of benzene rings is 1. The molecule has 0 bridgehead atoms. The lowest BCUT2D eigenvalue weighted by atomic mass is 10.0. The molecule has 2 aliphatic heterocycles. The zero-order valence-corrected chi connectivity index (χ0v) is 25.7. The second-order valence-corrected chi connectivity index (χ2v) is 11.9. The Morgan fingerprint density at radius 2 is 1.91 bits per heavy atom. The summed E-state index contributed by atoms with van der Waals surface area (Å²) in [5.74, 6) is -1.35. The van der Waals surface area contributed by atoms with Gasteiger partial charge in [0.25, 0.3) is 11.8 Å². The fourth-order valence-corrected chi connectivity index (χ4v) is 6.39. The lowest BCUT2D eigenvalue weighted by Gasteiger charge is -2.27. The SMILES string of the molecule is CCCc1cc(N[C@@H]2CC[C@@H](NC(=O)CCOCCNc3cccc4c3C(=O)N(C3CCC(=O)NC3=O)C4=O)C2)n2nccc2n1. The van der Waals surface area contributed by atoms with Crippen molar-refractivity contribution < 1.29 is 28.7 Å². The highest BCUT2D eigenvalue weighted by atomic mass is 16.5. The van der Waals surface area contributed by atoms with Crippen LogP contribution in [0.1, 0.15) is 78.3 Å². The second kappa shape index (κ2) is 13.6. The number of aromatic nitrogens is 3. The molecule has 3 aliphatic rings. The highest BCUT2D eigenvalue weighted by Crippen LogP contribution is 2.32. The second-order valence-electron chi connectivity index (χ2n) is 11.9. The van der Waals surface area contributed by atoms with Crippen LogP contribution in [-0.2, 0) is 25.5 Å². The van der Waals surface area contributed by atoms with Gasteiger partial charge in [-0.15, -0.1) is 0 Å². The molecule has 0 radical (unpaired) electrons. The van der Waals surface area contributed by atoms with Crippen molar-refractivity contribution in [3.8, 4) is 0 Å². The molecule has 3 aromatic rings. The predicted molar refractivity (Wildman–Crippen MR) is 167 cm³/mol. The number of rotatable bonds is 13. The third kappa shape index (κ3) is 6.57. The summed E-state index contributed by atoms with van der Waals surface area (Å²) in [6.07, 6.45) is 6.67. The van der Waals surface area contributed by atoms with Crippen molar-refractivity contribution >= 4 is 46.7 Å². The molecule has 1 aromatic carbocycles. The molecular weight excluding hydrogens is 592 g/mol. The minimum atomic E-state index is -1.02. The van der Waals surface area contributed by atoms with Crippen molar-refractivity contribution in [2.45, 2.75) is 76.4 Å². The number of amides is 5. The largest absolute Gasteiger partial charge is 0.382 e. The van der Waals surface area contributed by atoms with Gasteiger partial charge >= 0.3 is 0 Å². The number of hydrogen-bond donors (Lipinski definition) is 4. The summed E-state index contributed by atoms with van der Waals surface area (Å²) in [6.45, 7) is 2.99. The molecule has 5 amide bonds. The van der Waals surface area contributed by atoms with E-state index in [1.165, 1.54) is 0 Å². The molecular formula is C32H38N8O6. The average molecular weight is 631 g/mol. The van der Waals surface area contributed by atoms with E-state index in [0.29, 0.717) is 12.2 Å². The molecule has 3 atom stereocenters. The van der Waals surface area contributed by atoms with Crippen LogP contribution in [0.4, 0.5) is 11.5 Å². The maximum atomic E-state index is 13.2. The first-order valence-corrected chi connectivity index (χ1v) is 15.9. The minimum absolute atomic E-state index is 0.0601. The minimum Gasteiger partial charge on any atom is -0.382 e. The summed E-state index contributed by atoms with van der Waals surface area (Å²) in [4.78, 5) is 68.3. The summed E-state index contributed by atoms with van der Waals surface area (Å²) in [5.41, 5.74) is 2.71. The maximum absolute atomic E-state index is 13.2. The summed E-state index contributed by atoms with van der Waals surface area (Å²) in [7, 11) is 0. The number of ether oxygens (including phenoxy) is 1. The molecule has 0 spiro atoms. The summed E-state index contributed by atoms with van der Waals surface area (Å²) in [5, 5.41) is 16.4. The van der Waals surface area contributed by atoms with Gasteiger partial charge in [0, 0.05) is 55.0 Å². The first kappa shape index (κ1) is 31.1. The monoisotopic (exact) mass is 630 g/mol. The fourth-order valence-electron chi connectivity index (χ4n) is 6.39. The van der Waals surface area contributed by atoms with E-state index in [-0.39, 0.29) is 61.6 Å². The number of carbonyl (C=O) groups excluding carboxylic acids is 5. The normalized spacial score (nSPS) is 21.1. The Balaban J connectivity index is 0.920. The van der Waals surface area contributed by atoms with Crippen LogP contribution in [0, 0.1) is 0 Å². The quantitative estimate of drug-likeness (QED) is 0.162. The smallest absolute Gasteiger partial charge is 0.264 e. The van der Waals surface area contributed by atoms with E-state index in [9.17, 15) is 24.0 Å². The van der Waals surface area contributed by atoms with Gasteiger partial charge in [0.05, 0.1) is 30.5 Å². The van der Waals surface area contributed by atoms with Crippen molar-refractivity contribution in [3.05, 3.63) is 53.3 Å². The van der Waals surface area contributed by atoms with Gasteiger partial charge in [-0.05, 0) is 44.2 Å². The summed E-state index contributed by atoms with van der Waals surface area (Å²) < 4.78 is 7.48. The molecule has 4 heterocycles. The molecule has 1 saturated carbocycles. The highest BCUT2D eigenvalue weighted by molar-refractivity contribution is 6.25. The van der Waals surface area contributed by atoms with E-state index in [1.54, 1.807) is 24.4 Å². The van der Waals surface area contributed by atoms with Crippen LogP contribution in [-0.4, -0.2) is 86.9 Å². The van der Waals surface area contributed by atoms with E-state index in [1.807, 2.05) is 10.6 Å². The van der Waals surface area contributed by atoms with E-state index in [2.05, 4.69) is 44.3 Å². The Labute approximate surface area is 265 Å². The molecule has 2 aromatic heterocycles. The molecule has 1 saturated heterocycles. The molecule has 14 nitrogen and oxygen atoms in total. The Morgan fingerprint density at radius 1 is 1.07 bits per heavy atom. The topological polar surface area (TPSA) is 176 Å². The first-order chi connectivity index (χ1) is 22.3. The fraction of sp³-hybridized carbons (Fsp3) is 0.469. The number of fused-ring (bicyclic) bond motifs is 2. The van der Waals surface area contributed by atoms with Crippen LogP contribution in [0.15, 0.2) is 36.5 Å². The average Bonchev–Trinajstić information content (AvgIpc) is 3.74. The Kier molecular flexibility index (Phi) is 9.24. The van der Waals surface area contributed by atoms with E-state index < -0.39 is 29.7 Å². The van der Waals surface area contributed by atoms with Crippen molar-refractivity contribution in [2.24, 2.45) is 0 Å². The third-order valence-corrected chi connectivity index (χ3v) is 8.57. The van der Waals surface area contributed by atoms with Gasteiger partial charge in [-0.1, -0.05) is 19.4 Å². The predicted octanol–water partition coefficient (Wildman–Crippen LogP) is 2.05. The molecule has 4 N–H and O–H groups in total. The Bertz CT molecular complexity index is 1670. The van der Waals surface area contributed by atoms with Gasteiger partial charge in [-0.3, -0.25) is 34.2 Å². The molecule has 14 heteroatoms.